The maximum absolute atomic E-state index is 12.8. The molecule has 2 rings (SSSR count). The minimum Gasteiger partial charge on any atom is -0.497 e. The summed E-state index contributed by atoms with van der Waals surface area (Å²) in [6, 6.07) is 12.0. The number of aliphatic carboxylic acids is 1. The van der Waals surface area contributed by atoms with Gasteiger partial charge in [0.25, 0.3) is 0 Å². The molecule has 0 radical (unpaired) electrons. The third-order valence-electron chi connectivity index (χ3n) is 5.11. The van der Waals surface area contributed by atoms with Crippen molar-refractivity contribution in [2.24, 2.45) is 0 Å². The van der Waals surface area contributed by atoms with Crippen molar-refractivity contribution in [3.8, 4) is 11.5 Å². The molecule has 0 aliphatic rings. The van der Waals surface area contributed by atoms with Gasteiger partial charge in [0.15, 0.2) is 0 Å². The van der Waals surface area contributed by atoms with E-state index in [2.05, 4.69) is 5.32 Å². The number of hydrogen-bond donors (Lipinski definition) is 2. The van der Waals surface area contributed by atoms with Crippen LogP contribution in [-0.2, 0) is 20.3 Å². The Hall–Kier alpha value is -3.07. The minimum atomic E-state index is -1.26. The highest BCUT2D eigenvalue weighted by Gasteiger charge is 2.25. The lowest BCUT2D eigenvalue weighted by Crippen LogP contribution is -2.35. The van der Waals surface area contributed by atoms with Crippen molar-refractivity contribution in [3.05, 3.63) is 53.6 Å². The first kappa shape index (κ1) is 28.2. The Morgan fingerprint density at radius 3 is 2.26 bits per heavy atom. The smallest absolute Gasteiger partial charge is 0.408 e. The molecule has 9 heteroatoms. The van der Waals surface area contributed by atoms with Crippen molar-refractivity contribution in [3.63, 3.8) is 0 Å². The third kappa shape index (κ3) is 9.24. The second kappa shape index (κ2) is 13.1. The van der Waals surface area contributed by atoms with Gasteiger partial charge in [0.1, 0.15) is 17.1 Å². The third-order valence-corrected chi connectivity index (χ3v) is 6.55. The molecule has 2 unspecified atom stereocenters. The van der Waals surface area contributed by atoms with Crippen molar-refractivity contribution in [2.75, 3.05) is 20.0 Å². The monoisotopic (exact) mass is 505 g/mol. The predicted molar refractivity (Wildman–Crippen MR) is 135 cm³/mol. The number of rotatable bonds is 12. The molecule has 0 saturated heterocycles. The molecule has 1 amide bonds. The van der Waals surface area contributed by atoms with Crippen LogP contribution < -0.4 is 14.8 Å². The van der Waals surface area contributed by atoms with Crippen LogP contribution in [0.5, 0.6) is 11.5 Å². The van der Waals surface area contributed by atoms with Crippen LogP contribution >= 0.6 is 0 Å². The van der Waals surface area contributed by atoms with Gasteiger partial charge in [-0.2, -0.15) is 0 Å². The lowest BCUT2D eigenvalue weighted by atomic mass is 9.97. The number of alkyl carbamates (subject to hydrolysis) is 1. The number of ether oxygens (including phenoxy) is 3. The molecule has 2 aromatic carbocycles. The lowest BCUT2D eigenvalue weighted by Gasteiger charge is -2.25. The summed E-state index contributed by atoms with van der Waals surface area (Å²) in [6.45, 7) is 5.38. The maximum atomic E-state index is 12.8. The molecule has 2 N–H and O–H groups in total. The highest BCUT2D eigenvalue weighted by molar-refractivity contribution is 7.85. The molecular formula is C26H35NO7S. The maximum Gasteiger partial charge on any atom is 0.408 e. The Bertz CT molecular complexity index is 1020. The van der Waals surface area contributed by atoms with Crippen LogP contribution in [0, 0.1) is 0 Å². The number of methoxy groups -OCH3 is 2. The van der Waals surface area contributed by atoms with E-state index >= 15 is 0 Å². The first-order valence-corrected chi connectivity index (χ1v) is 12.8. The second-order valence-corrected chi connectivity index (χ2v) is 10.6. The van der Waals surface area contributed by atoms with Crippen LogP contribution in [0.25, 0.3) is 0 Å². The van der Waals surface area contributed by atoms with Crippen LogP contribution in [0.2, 0.25) is 0 Å². The van der Waals surface area contributed by atoms with Gasteiger partial charge in [-0.05, 0) is 63.4 Å². The van der Waals surface area contributed by atoms with Crippen LogP contribution in [0.4, 0.5) is 4.79 Å². The number of carbonyl (C=O) groups is 2. The predicted octanol–water partition coefficient (Wildman–Crippen LogP) is 5.07. The zero-order valence-corrected chi connectivity index (χ0v) is 21.8. The standard InChI is InChI=1S/C26H35NO7S/c1-26(2,3)34-25(30)27-24(18-10-12-19(32-4)13-11-18)21-15-14-20(17-22(21)33-5)35(31)16-8-6-7-9-23(28)29/h10-15,17,24H,6-9,16H2,1-5H3,(H,27,30)(H,28,29). The Morgan fingerprint density at radius 1 is 1.00 bits per heavy atom. The van der Waals surface area contributed by atoms with Crippen LogP contribution in [0.15, 0.2) is 47.4 Å². The Labute approximate surface area is 209 Å². The summed E-state index contributed by atoms with van der Waals surface area (Å²) in [5.41, 5.74) is 0.817. The summed E-state index contributed by atoms with van der Waals surface area (Å²) in [4.78, 5) is 23.9. The van der Waals surface area contributed by atoms with E-state index in [0.717, 1.165) is 5.56 Å². The molecule has 2 atom stereocenters. The zero-order valence-electron chi connectivity index (χ0n) is 21.0. The highest BCUT2D eigenvalue weighted by atomic mass is 32.2. The summed E-state index contributed by atoms with van der Waals surface area (Å²) in [7, 11) is 1.85. The van der Waals surface area contributed by atoms with Gasteiger partial charge in [-0.15, -0.1) is 0 Å². The van der Waals surface area contributed by atoms with Gasteiger partial charge in [-0.1, -0.05) is 24.6 Å². The topological polar surface area (TPSA) is 111 Å². The molecule has 192 valence electrons. The van der Waals surface area contributed by atoms with Gasteiger partial charge in [0.2, 0.25) is 0 Å². The van der Waals surface area contributed by atoms with Crippen LogP contribution in [0.1, 0.15) is 63.6 Å². The van der Waals surface area contributed by atoms with Crippen molar-refractivity contribution in [1.29, 1.82) is 0 Å². The largest absolute Gasteiger partial charge is 0.497 e. The number of unbranched alkanes of at least 4 members (excludes halogenated alkanes) is 2. The molecule has 2 aromatic rings. The summed E-state index contributed by atoms with van der Waals surface area (Å²) < 4.78 is 29.1. The Kier molecular flexibility index (Phi) is 10.6. The van der Waals surface area contributed by atoms with E-state index in [4.69, 9.17) is 19.3 Å². The van der Waals surface area contributed by atoms with E-state index in [1.54, 1.807) is 58.2 Å². The second-order valence-electron chi connectivity index (χ2n) is 9.01. The number of carboxylic acids is 1. The molecule has 35 heavy (non-hydrogen) atoms. The fourth-order valence-electron chi connectivity index (χ4n) is 3.44. The van der Waals surface area contributed by atoms with E-state index < -0.39 is 34.5 Å². The van der Waals surface area contributed by atoms with E-state index in [1.165, 1.54) is 7.11 Å². The molecule has 0 aromatic heterocycles. The van der Waals surface area contributed by atoms with E-state index in [0.29, 0.717) is 47.0 Å². The molecule has 0 bridgehead atoms. The van der Waals surface area contributed by atoms with E-state index in [1.807, 2.05) is 12.1 Å². The molecule has 0 fully saturated rings. The van der Waals surface area contributed by atoms with Crippen molar-refractivity contribution >= 4 is 22.9 Å². The molecule has 0 saturated carbocycles. The number of carboxylic acid groups (broad SMARTS) is 1. The van der Waals surface area contributed by atoms with Gasteiger partial charge in [0.05, 0.1) is 31.1 Å². The molecule has 0 aliphatic heterocycles. The van der Waals surface area contributed by atoms with Gasteiger partial charge >= 0.3 is 12.1 Å². The molecule has 0 heterocycles. The summed E-state index contributed by atoms with van der Waals surface area (Å²) in [5, 5.41) is 11.7. The number of amides is 1. The van der Waals surface area contributed by atoms with E-state index in [-0.39, 0.29) is 6.42 Å². The summed E-state index contributed by atoms with van der Waals surface area (Å²) >= 11 is 0. The van der Waals surface area contributed by atoms with Gasteiger partial charge in [-0.25, -0.2) is 4.79 Å². The first-order chi connectivity index (χ1) is 16.5. The molecular weight excluding hydrogens is 470 g/mol. The van der Waals surface area contributed by atoms with Crippen molar-refractivity contribution in [2.45, 2.75) is 63.0 Å². The van der Waals surface area contributed by atoms with Crippen LogP contribution in [-0.4, -0.2) is 47.0 Å². The average Bonchev–Trinajstić information content (AvgIpc) is 2.80. The normalized spacial score (nSPS) is 12.9. The quantitative estimate of drug-likeness (QED) is 0.387. The van der Waals surface area contributed by atoms with Gasteiger partial charge in [-0.3, -0.25) is 9.00 Å². The number of hydrogen-bond acceptors (Lipinski definition) is 6. The Balaban J connectivity index is 2.28. The summed E-state index contributed by atoms with van der Waals surface area (Å²) in [6.07, 6.45) is 1.47. The number of benzene rings is 2. The van der Waals surface area contributed by atoms with E-state index in [9.17, 15) is 13.8 Å². The fourth-order valence-corrected chi connectivity index (χ4v) is 4.60. The van der Waals surface area contributed by atoms with Gasteiger partial charge in [0, 0.05) is 22.6 Å². The minimum absolute atomic E-state index is 0.118. The first-order valence-electron chi connectivity index (χ1n) is 11.5. The van der Waals surface area contributed by atoms with Gasteiger partial charge < -0.3 is 24.6 Å². The number of carbonyl (C=O) groups excluding carboxylic acids is 1. The molecule has 0 aliphatic carbocycles. The fraction of sp³-hybridized carbons (Fsp3) is 0.462. The highest BCUT2D eigenvalue weighted by Crippen LogP contribution is 2.33. The zero-order chi connectivity index (χ0) is 26.0. The number of nitrogens with one attached hydrogen (secondary N) is 1. The van der Waals surface area contributed by atoms with Crippen molar-refractivity contribution < 1.29 is 33.1 Å². The summed E-state index contributed by atoms with van der Waals surface area (Å²) in [5.74, 6) is 0.780. The Morgan fingerprint density at radius 2 is 1.69 bits per heavy atom. The van der Waals surface area contributed by atoms with Crippen molar-refractivity contribution in [1.82, 2.24) is 5.32 Å². The molecule has 8 nitrogen and oxygen atoms in total. The average molecular weight is 506 g/mol. The molecule has 0 spiro atoms. The van der Waals surface area contributed by atoms with Crippen LogP contribution in [0.3, 0.4) is 0 Å². The lowest BCUT2D eigenvalue weighted by molar-refractivity contribution is -0.137. The SMILES string of the molecule is COc1ccc(C(NC(=O)OC(C)(C)C)c2ccc(S(=O)CCCCCC(=O)O)cc2OC)cc1.